The molecule has 0 saturated carbocycles. The average Bonchev–Trinajstić information content (AvgIpc) is 2.41. The van der Waals surface area contributed by atoms with Crippen molar-refractivity contribution in [3.63, 3.8) is 0 Å². The van der Waals surface area contributed by atoms with Gasteiger partial charge in [-0.15, -0.1) is 0 Å². The van der Waals surface area contributed by atoms with Crippen LogP contribution in [0.2, 0.25) is 0 Å². The highest BCUT2D eigenvalue weighted by Crippen LogP contribution is 2.20. The Hall–Kier alpha value is -1.92. The molecule has 20 heavy (non-hydrogen) atoms. The summed E-state index contributed by atoms with van der Waals surface area (Å²) in [5.41, 5.74) is 7.83. The molecule has 6 heteroatoms. The van der Waals surface area contributed by atoms with Crippen LogP contribution < -0.4 is 10.5 Å². The Labute approximate surface area is 118 Å². The monoisotopic (exact) mass is 291 g/mol. The van der Waals surface area contributed by atoms with E-state index in [-0.39, 0.29) is 10.9 Å². The van der Waals surface area contributed by atoms with Crippen LogP contribution in [0.1, 0.15) is 24.1 Å². The summed E-state index contributed by atoms with van der Waals surface area (Å²) in [5, 5.41) is 0. The highest BCUT2D eigenvalue weighted by Gasteiger charge is 2.16. The second-order valence-electron chi connectivity index (χ2n) is 4.66. The maximum Gasteiger partial charge on any atom is 0.261 e. The quantitative estimate of drug-likeness (QED) is 0.904. The summed E-state index contributed by atoms with van der Waals surface area (Å²) < 4.78 is 27.2. The minimum absolute atomic E-state index is 0.190. The van der Waals surface area contributed by atoms with Crippen molar-refractivity contribution < 1.29 is 8.42 Å². The summed E-state index contributed by atoms with van der Waals surface area (Å²) in [6.45, 7) is 3.63. The van der Waals surface area contributed by atoms with Gasteiger partial charge in [-0.1, -0.05) is 12.1 Å². The van der Waals surface area contributed by atoms with Crippen LogP contribution in [0, 0.1) is 6.92 Å². The summed E-state index contributed by atoms with van der Waals surface area (Å²) in [5.74, 6) is 0. The van der Waals surface area contributed by atoms with Gasteiger partial charge in [0.25, 0.3) is 10.0 Å². The van der Waals surface area contributed by atoms with E-state index in [0.29, 0.717) is 5.69 Å². The summed E-state index contributed by atoms with van der Waals surface area (Å²) in [7, 11) is -3.64. The molecule has 0 spiro atoms. The predicted octanol–water partition coefficient (Wildman–Crippen LogP) is 2.21. The zero-order chi connectivity index (χ0) is 14.8. The van der Waals surface area contributed by atoms with Crippen molar-refractivity contribution in [2.24, 2.45) is 5.73 Å². The number of hydrogen-bond donors (Lipinski definition) is 2. The molecule has 1 heterocycles. The van der Waals surface area contributed by atoms with E-state index in [1.807, 2.05) is 13.8 Å². The summed E-state index contributed by atoms with van der Waals surface area (Å²) in [6, 6.07) is 8.14. The number of rotatable bonds is 4. The number of nitrogens with two attached hydrogens (primary N) is 1. The first-order valence-corrected chi connectivity index (χ1v) is 7.67. The minimum Gasteiger partial charge on any atom is -0.324 e. The molecule has 0 saturated heterocycles. The Morgan fingerprint density at radius 3 is 2.70 bits per heavy atom. The lowest BCUT2D eigenvalue weighted by Crippen LogP contribution is -2.15. The first-order chi connectivity index (χ1) is 9.40. The molecule has 1 atom stereocenters. The van der Waals surface area contributed by atoms with Gasteiger partial charge in [-0.3, -0.25) is 9.71 Å². The lowest BCUT2D eigenvalue weighted by Gasteiger charge is -2.12. The second-order valence-corrected chi connectivity index (χ2v) is 6.34. The van der Waals surface area contributed by atoms with Crippen molar-refractivity contribution in [3.8, 4) is 0 Å². The number of aromatic nitrogens is 1. The van der Waals surface area contributed by atoms with Gasteiger partial charge in [0, 0.05) is 12.2 Å². The molecule has 0 aliphatic carbocycles. The van der Waals surface area contributed by atoms with Crippen molar-refractivity contribution in [2.45, 2.75) is 24.8 Å². The molecule has 1 aromatic heterocycles. The Bertz CT molecular complexity index is 712. The van der Waals surface area contributed by atoms with Gasteiger partial charge >= 0.3 is 0 Å². The van der Waals surface area contributed by atoms with Gasteiger partial charge < -0.3 is 5.73 Å². The highest BCUT2D eigenvalue weighted by atomic mass is 32.2. The Balaban J connectivity index is 2.36. The smallest absolute Gasteiger partial charge is 0.261 e. The van der Waals surface area contributed by atoms with Crippen LogP contribution in [0.3, 0.4) is 0 Å². The molecule has 106 valence electrons. The van der Waals surface area contributed by atoms with E-state index in [2.05, 4.69) is 9.71 Å². The van der Waals surface area contributed by atoms with E-state index in [9.17, 15) is 8.42 Å². The van der Waals surface area contributed by atoms with Crippen molar-refractivity contribution in [2.75, 3.05) is 4.72 Å². The number of aryl methyl sites for hydroxylation is 1. The molecule has 0 aliphatic rings. The van der Waals surface area contributed by atoms with E-state index in [1.165, 1.54) is 6.20 Å². The standard InChI is InChI=1S/C14H17N3O2S/c1-10-6-7-16-9-14(10)17-20(18,19)13-5-3-4-12(8-13)11(2)15/h3-9,11,17H,15H2,1-2H3. The second kappa shape index (κ2) is 5.60. The minimum atomic E-state index is -3.64. The third-order valence-electron chi connectivity index (χ3n) is 2.98. The van der Waals surface area contributed by atoms with Gasteiger partial charge in [0.1, 0.15) is 0 Å². The topological polar surface area (TPSA) is 85.1 Å². The van der Waals surface area contributed by atoms with E-state index in [1.54, 1.807) is 36.5 Å². The third kappa shape index (κ3) is 3.15. The number of hydrogen-bond acceptors (Lipinski definition) is 4. The van der Waals surface area contributed by atoms with Crippen LogP contribution in [0.5, 0.6) is 0 Å². The number of nitrogens with zero attached hydrogens (tertiary/aromatic N) is 1. The lowest BCUT2D eigenvalue weighted by atomic mass is 10.1. The molecule has 2 aromatic rings. The number of anilines is 1. The summed E-state index contributed by atoms with van der Waals surface area (Å²) in [4.78, 5) is 4.11. The number of benzene rings is 1. The molecule has 0 aliphatic heterocycles. The van der Waals surface area contributed by atoms with Gasteiger partial charge in [-0.2, -0.15) is 0 Å². The SMILES string of the molecule is Cc1ccncc1NS(=O)(=O)c1cccc(C(C)N)c1. The van der Waals surface area contributed by atoms with E-state index in [4.69, 9.17) is 5.73 Å². The fourth-order valence-corrected chi connectivity index (χ4v) is 2.91. The lowest BCUT2D eigenvalue weighted by molar-refractivity contribution is 0.601. The summed E-state index contributed by atoms with van der Waals surface area (Å²) in [6.07, 6.45) is 3.10. The fourth-order valence-electron chi connectivity index (χ4n) is 1.74. The van der Waals surface area contributed by atoms with Crippen LogP contribution in [0.25, 0.3) is 0 Å². The number of nitrogens with one attached hydrogen (secondary N) is 1. The molecule has 3 N–H and O–H groups in total. The first kappa shape index (κ1) is 14.5. The Kier molecular flexibility index (Phi) is 4.06. The third-order valence-corrected chi connectivity index (χ3v) is 4.34. The molecule has 0 radical (unpaired) electrons. The van der Waals surface area contributed by atoms with Crippen molar-refractivity contribution in [1.82, 2.24) is 4.98 Å². The van der Waals surface area contributed by atoms with Crippen molar-refractivity contribution >= 4 is 15.7 Å². The van der Waals surface area contributed by atoms with E-state index >= 15 is 0 Å². The average molecular weight is 291 g/mol. The maximum atomic E-state index is 12.3. The normalized spacial score (nSPS) is 12.9. The van der Waals surface area contributed by atoms with Crippen LogP contribution in [-0.2, 0) is 10.0 Å². The van der Waals surface area contributed by atoms with Crippen LogP contribution in [-0.4, -0.2) is 13.4 Å². The van der Waals surface area contributed by atoms with E-state index < -0.39 is 10.0 Å². The van der Waals surface area contributed by atoms with Crippen molar-refractivity contribution in [3.05, 3.63) is 53.9 Å². The zero-order valence-electron chi connectivity index (χ0n) is 11.4. The zero-order valence-corrected chi connectivity index (χ0v) is 12.2. The van der Waals surface area contributed by atoms with Gasteiger partial charge in [0.05, 0.1) is 16.8 Å². The molecule has 1 aromatic carbocycles. The maximum absolute atomic E-state index is 12.3. The van der Waals surface area contributed by atoms with Crippen LogP contribution in [0.4, 0.5) is 5.69 Å². The van der Waals surface area contributed by atoms with Crippen LogP contribution in [0.15, 0.2) is 47.6 Å². The molecule has 2 rings (SSSR count). The van der Waals surface area contributed by atoms with Crippen LogP contribution >= 0.6 is 0 Å². The molecular weight excluding hydrogens is 274 g/mol. The molecule has 5 nitrogen and oxygen atoms in total. The Morgan fingerprint density at radius 2 is 2.05 bits per heavy atom. The molecule has 0 fully saturated rings. The van der Waals surface area contributed by atoms with E-state index in [0.717, 1.165) is 11.1 Å². The molecule has 0 bridgehead atoms. The van der Waals surface area contributed by atoms with Gasteiger partial charge in [0.2, 0.25) is 0 Å². The number of sulfonamides is 1. The fraction of sp³-hybridized carbons (Fsp3) is 0.214. The highest BCUT2D eigenvalue weighted by molar-refractivity contribution is 7.92. The van der Waals surface area contributed by atoms with Crippen molar-refractivity contribution in [1.29, 1.82) is 0 Å². The Morgan fingerprint density at radius 1 is 1.30 bits per heavy atom. The molecule has 0 amide bonds. The largest absolute Gasteiger partial charge is 0.324 e. The van der Waals surface area contributed by atoms with Gasteiger partial charge in [-0.05, 0) is 43.2 Å². The van der Waals surface area contributed by atoms with Gasteiger partial charge in [-0.25, -0.2) is 8.42 Å². The summed E-state index contributed by atoms with van der Waals surface area (Å²) >= 11 is 0. The van der Waals surface area contributed by atoms with Gasteiger partial charge in [0.15, 0.2) is 0 Å². The molecular formula is C14H17N3O2S. The predicted molar refractivity (Wildman–Crippen MR) is 78.8 cm³/mol. The first-order valence-electron chi connectivity index (χ1n) is 6.19. The molecule has 1 unspecified atom stereocenters. The number of pyridine rings is 1.